The van der Waals surface area contributed by atoms with Crippen molar-refractivity contribution in [1.82, 2.24) is 19.3 Å². The van der Waals surface area contributed by atoms with Crippen molar-refractivity contribution in [3.8, 4) is 0 Å². The van der Waals surface area contributed by atoms with Gasteiger partial charge in [-0.1, -0.05) is 18.2 Å². The second-order valence-corrected chi connectivity index (χ2v) is 4.45. The van der Waals surface area contributed by atoms with Crippen LogP contribution in [0.2, 0.25) is 0 Å². The van der Waals surface area contributed by atoms with E-state index in [2.05, 4.69) is 20.7 Å². The zero-order valence-electron chi connectivity index (χ0n) is 10.8. The zero-order chi connectivity index (χ0) is 13.2. The summed E-state index contributed by atoms with van der Waals surface area (Å²) in [6.45, 7) is 3.56. The van der Waals surface area contributed by atoms with Gasteiger partial charge in [0.25, 0.3) is 0 Å². The maximum absolute atomic E-state index is 9.43. The number of hydrogen-bond acceptors (Lipinski definition) is 3. The van der Waals surface area contributed by atoms with Gasteiger partial charge in [-0.2, -0.15) is 5.10 Å². The third kappa shape index (κ3) is 2.02. The molecule has 5 nitrogen and oxygen atoms in total. The number of aliphatic hydroxyl groups is 1. The van der Waals surface area contributed by atoms with E-state index in [0.717, 1.165) is 28.8 Å². The topological polar surface area (TPSA) is 55.9 Å². The van der Waals surface area contributed by atoms with E-state index in [1.54, 1.807) is 6.33 Å². The predicted molar refractivity (Wildman–Crippen MR) is 72.7 cm³/mol. The number of aromatic nitrogens is 4. The molecule has 0 saturated heterocycles. The molecule has 0 spiro atoms. The fourth-order valence-electron chi connectivity index (χ4n) is 2.41. The van der Waals surface area contributed by atoms with Crippen LogP contribution in [0.25, 0.3) is 10.9 Å². The van der Waals surface area contributed by atoms with Crippen molar-refractivity contribution in [2.75, 3.05) is 0 Å². The molecule has 2 heterocycles. The Morgan fingerprint density at radius 3 is 2.89 bits per heavy atom. The number of aliphatic hydroxyl groups excluding tert-OH is 1. The van der Waals surface area contributed by atoms with Crippen LogP contribution in [-0.2, 0) is 19.7 Å². The van der Waals surface area contributed by atoms with Crippen LogP contribution in [-0.4, -0.2) is 24.4 Å². The van der Waals surface area contributed by atoms with Gasteiger partial charge in [0.05, 0.1) is 13.2 Å². The number of aryl methyl sites for hydroxylation is 1. The molecule has 1 aromatic carbocycles. The highest BCUT2D eigenvalue weighted by Crippen LogP contribution is 2.21. The average Bonchev–Trinajstić information content (AvgIpc) is 3.04. The maximum atomic E-state index is 9.43. The molecule has 0 aliphatic carbocycles. The van der Waals surface area contributed by atoms with Crippen molar-refractivity contribution in [2.45, 2.75) is 26.6 Å². The molecule has 19 heavy (non-hydrogen) atoms. The molecule has 98 valence electrons. The number of hydrogen-bond donors (Lipinski definition) is 1. The summed E-state index contributed by atoms with van der Waals surface area (Å²) in [4.78, 5) is 4.29. The van der Waals surface area contributed by atoms with Crippen LogP contribution in [0, 0.1) is 0 Å². The van der Waals surface area contributed by atoms with Gasteiger partial charge in [0.15, 0.2) is 0 Å². The third-order valence-corrected chi connectivity index (χ3v) is 3.35. The number of nitrogens with zero attached hydrogens (tertiary/aromatic N) is 4. The van der Waals surface area contributed by atoms with E-state index < -0.39 is 0 Å². The lowest BCUT2D eigenvalue weighted by Crippen LogP contribution is -2.08. The van der Waals surface area contributed by atoms with Crippen molar-refractivity contribution in [3.05, 3.63) is 48.2 Å². The second-order valence-electron chi connectivity index (χ2n) is 4.45. The van der Waals surface area contributed by atoms with Crippen molar-refractivity contribution >= 4 is 10.9 Å². The number of para-hydroxylation sites is 1. The van der Waals surface area contributed by atoms with E-state index in [-0.39, 0.29) is 6.61 Å². The van der Waals surface area contributed by atoms with Gasteiger partial charge in [0.2, 0.25) is 0 Å². The third-order valence-electron chi connectivity index (χ3n) is 3.35. The van der Waals surface area contributed by atoms with Gasteiger partial charge in [-0.25, -0.2) is 9.67 Å². The summed E-state index contributed by atoms with van der Waals surface area (Å²) in [6, 6.07) is 8.08. The molecule has 0 radical (unpaired) electrons. The smallest absolute Gasteiger partial charge is 0.146 e. The van der Waals surface area contributed by atoms with E-state index in [1.165, 1.54) is 0 Å². The molecule has 0 saturated carbocycles. The minimum absolute atomic E-state index is 0.0496. The molecule has 3 rings (SSSR count). The Hall–Kier alpha value is -2.14. The Morgan fingerprint density at radius 2 is 2.11 bits per heavy atom. The van der Waals surface area contributed by atoms with Gasteiger partial charge in [-0.05, 0) is 13.0 Å². The van der Waals surface area contributed by atoms with Crippen LogP contribution in [0.3, 0.4) is 0 Å². The van der Waals surface area contributed by atoms with Crippen LogP contribution >= 0.6 is 0 Å². The molecule has 0 amide bonds. The number of benzene rings is 1. The highest BCUT2D eigenvalue weighted by molar-refractivity contribution is 5.83. The lowest BCUT2D eigenvalue weighted by molar-refractivity contribution is 0.283. The average molecular weight is 256 g/mol. The lowest BCUT2D eigenvalue weighted by Gasteiger charge is -2.05. The van der Waals surface area contributed by atoms with Gasteiger partial charge in [-0.15, -0.1) is 0 Å². The van der Waals surface area contributed by atoms with Crippen molar-refractivity contribution in [1.29, 1.82) is 0 Å². The fraction of sp³-hybridized carbons (Fsp3) is 0.286. The Morgan fingerprint density at radius 1 is 1.26 bits per heavy atom. The first-order valence-corrected chi connectivity index (χ1v) is 6.37. The normalized spacial score (nSPS) is 11.3. The van der Waals surface area contributed by atoms with Gasteiger partial charge in [0.1, 0.15) is 12.2 Å². The molecule has 0 fully saturated rings. The van der Waals surface area contributed by atoms with Crippen LogP contribution in [0.5, 0.6) is 0 Å². The quantitative estimate of drug-likeness (QED) is 0.774. The predicted octanol–water partition coefficient (Wildman–Crippen LogP) is 1.79. The first-order valence-electron chi connectivity index (χ1n) is 6.37. The molecular weight excluding hydrogens is 240 g/mol. The summed E-state index contributed by atoms with van der Waals surface area (Å²) in [7, 11) is 0. The molecule has 5 heteroatoms. The Bertz CT molecular complexity index is 698. The van der Waals surface area contributed by atoms with E-state index in [1.807, 2.05) is 36.0 Å². The summed E-state index contributed by atoms with van der Waals surface area (Å²) in [5.41, 5.74) is 2.05. The highest BCUT2D eigenvalue weighted by Gasteiger charge is 2.10. The molecular formula is C14H16N4O. The molecule has 2 aromatic heterocycles. The Kier molecular flexibility index (Phi) is 3.05. The Labute approximate surface area is 111 Å². The van der Waals surface area contributed by atoms with E-state index in [0.29, 0.717) is 6.54 Å². The maximum Gasteiger partial charge on any atom is 0.146 e. The van der Waals surface area contributed by atoms with Crippen LogP contribution in [0.4, 0.5) is 0 Å². The van der Waals surface area contributed by atoms with Gasteiger partial charge in [-0.3, -0.25) is 0 Å². The summed E-state index contributed by atoms with van der Waals surface area (Å²) < 4.78 is 3.99. The Balaban J connectivity index is 2.06. The van der Waals surface area contributed by atoms with E-state index >= 15 is 0 Å². The minimum atomic E-state index is 0.0496. The van der Waals surface area contributed by atoms with Crippen molar-refractivity contribution < 1.29 is 5.11 Å². The SMILES string of the molecule is CCn1ncnc1Cn1cc(CO)c2ccccc21. The van der Waals surface area contributed by atoms with E-state index in [4.69, 9.17) is 0 Å². The molecule has 0 bridgehead atoms. The standard InChI is InChI=1S/C14H16N4O/c1-2-18-14(15-10-16-18)8-17-7-11(9-19)12-5-3-4-6-13(12)17/h3-7,10,19H,2,8-9H2,1H3. The van der Waals surface area contributed by atoms with Gasteiger partial charge >= 0.3 is 0 Å². The molecule has 3 aromatic rings. The molecule has 0 unspecified atom stereocenters. The largest absolute Gasteiger partial charge is 0.392 e. The fourth-order valence-corrected chi connectivity index (χ4v) is 2.41. The zero-order valence-corrected chi connectivity index (χ0v) is 10.8. The summed E-state index contributed by atoms with van der Waals surface area (Å²) in [5, 5.41) is 14.7. The summed E-state index contributed by atoms with van der Waals surface area (Å²) >= 11 is 0. The minimum Gasteiger partial charge on any atom is -0.392 e. The van der Waals surface area contributed by atoms with Gasteiger partial charge in [0, 0.05) is 29.2 Å². The second kappa shape index (κ2) is 4.85. The number of fused-ring (bicyclic) bond motifs is 1. The molecule has 1 N–H and O–H groups in total. The van der Waals surface area contributed by atoms with Crippen molar-refractivity contribution in [2.24, 2.45) is 0 Å². The van der Waals surface area contributed by atoms with Crippen molar-refractivity contribution in [3.63, 3.8) is 0 Å². The summed E-state index contributed by atoms with van der Waals surface area (Å²) in [5.74, 6) is 0.924. The van der Waals surface area contributed by atoms with Crippen LogP contribution < -0.4 is 0 Å². The van der Waals surface area contributed by atoms with Crippen LogP contribution in [0.15, 0.2) is 36.8 Å². The number of rotatable bonds is 4. The molecule has 0 aliphatic rings. The molecule has 0 atom stereocenters. The van der Waals surface area contributed by atoms with E-state index in [9.17, 15) is 5.11 Å². The van der Waals surface area contributed by atoms with Gasteiger partial charge < -0.3 is 9.67 Å². The first-order chi connectivity index (χ1) is 9.33. The lowest BCUT2D eigenvalue weighted by atomic mass is 10.2. The van der Waals surface area contributed by atoms with Crippen LogP contribution in [0.1, 0.15) is 18.3 Å². The summed E-state index contributed by atoms with van der Waals surface area (Å²) in [6.07, 6.45) is 3.57. The first kappa shape index (κ1) is 11.9. The molecule has 0 aliphatic heterocycles. The highest BCUT2D eigenvalue weighted by atomic mass is 16.3. The monoisotopic (exact) mass is 256 g/mol.